The van der Waals surface area contributed by atoms with E-state index in [2.05, 4.69) is 25.1 Å². The van der Waals surface area contributed by atoms with Crippen LogP contribution in [0.5, 0.6) is 0 Å². The number of nitrogens with one attached hydrogen (secondary N) is 1. The van der Waals surface area contributed by atoms with Crippen LogP contribution < -0.4 is 11.1 Å². The number of hydrogen-bond donors (Lipinski definition) is 2. The Balaban J connectivity index is 1.98. The molecule has 0 atom stereocenters. The average molecular weight is 272 g/mol. The van der Waals surface area contributed by atoms with Crippen molar-refractivity contribution in [1.82, 2.24) is 19.8 Å². The van der Waals surface area contributed by atoms with Gasteiger partial charge in [-0.1, -0.05) is 27.8 Å². The van der Waals surface area contributed by atoms with Gasteiger partial charge < -0.3 is 5.73 Å². The summed E-state index contributed by atoms with van der Waals surface area (Å²) in [5.41, 5.74) is 7.31. The highest BCUT2D eigenvalue weighted by Gasteiger charge is 2.12. The van der Waals surface area contributed by atoms with Crippen LogP contribution in [0.1, 0.15) is 10.5 Å². The molecule has 0 saturated heterocycles. The van der Waals surface area contributed by atoms with E-state index in [4.69, 9.17) is 5.73 Å². The lowest BCUT2D eigenvalue weighted by Crippen LogP contribution is -2.14. The van der Waals surface area contributed by atoms with Gasteiger partial charge in [0.1, 0.15) is 5.69 Å². The van der Waals surface area contributed by atoms with E-state index < -0.39 is 5.91 Å². The molecule has 19 heavy (non-hydrogen) atoms. The Labute approximate surface area is 111 Å². The molecule has 0 aliphatic heterocycles. The minimum absolute atomic E-state index is 0.228. The number of carbonyl (C=O) groups excluding carboxylic acids is 1. The van der Waals surface area contributed by atoms with Crippen LogP contribution in [0, 0.1) is 0 Å². The van der Waals surface area contributed by atoms with Crippen LogP contribution in [0.2, 0.25) is 0 Å². The van der Waals surface area contributed by atoms with E-state index in [9.17, 15) is 4.79 Å². The summed E-state index contributed by atoms with van der Waals surface area (Å²) in [7, 11) is 0. The molecule has 0 fully saturated rings. The Hall–Kier alpha value is -2.61. The molecular formula is C11H8N6OS. The van der Waals surface area contributed by atoms with Crippen molar-refractivity contribution >= 4 is 39.2 Å². The van der Waals surface area contributed by atoms with Crippen molar-refractivity contribution in [3.8, 4) is 0 Å². The zero-order chi connectivity index (χ0) is 13.2. The number of nitrogen functional groups attached to an aromatic ring is 1. The molecule has 7 nitrogen and oxygen atoms in total. The summed E-state index contributed by atoms with van der Waals surface area (Å²) in [6, 6.07) is 8.90. The summed E-state index contributed by atoms with van der Waals surface area (Å²) in [6.07, 6.45) is 0. The Morgan fingerprint density at radius 3 is 2.95 bits per heavy atom. The molecule has 0 radical (unpaired) electrons. The summed E-state index contributed by atoms with van der Waals surface area (Å²) in [5.74, 6) is -0.393. The average Bonchev–Trinajstić information content (AvgIpc) is 2.91. The van der Waals surface area contributed by atoms with Gasteiger partial charge in [-0.15, -0.1) is 0 Å². The smallest absolute Gasteiger partial charge is 0.276 e. The standard InChI is InChI=1S/C11H8N6OS/c12-7-5-9(10(18)14-11-15-16-17-19-11)13-8-4-2-1-3-6(7)8/h1-5H,(H2,12,13)(H,14,15,17,18). The lowest BCUT2D eigenvalue weighted by atomic mass is 10.1. The van der Waals surface area contributed by atoms with Crippen molar-refractivity contribution in [1.29, 1.82) is 0 Å². The number of carbonyl (C=O) groups is 1. The number of rotatable bonds is 2. The van der Waals surface area contributed by atoms with Crippen LogP contribution in [-0.2, 0) is 0 Å². The zero-order valence-electron chi connectivity index (χ0n) is 9.57. The van der Waals surface area contributed by atoms with Crippen LogP contribution in [0.4, 0.5) is 10.8 Å². The van der Waals surface area contributed by atoms with E-state index in [-0.39, 0.29) is 5.69 Å². The first-order valence-corrected chi connectivity index (χ1v) is 6.13. The van der Waals surface area contributed by atoms with Crippen LogP contribution in [0.15, 0.2) is 30.3 Å². The molecule has 3 aromatic rings. The van der Waals surface area contributed by atoms with Crippen LogP contribution >= 0.6 is 11.5 Å². The molecule has 8 heteroatoms. The number of nitrogens with zero attached hydrogens (tertiary/aromatic N) is 4. The lowest BCUT2D eigenvalue weighted by Gasteiger charge is -2.05. The predicted octanol–water partition coefficient (Wildman–Crippen LogP) is 1.32. The first-order chi connectivity index (χ1) is 9.24. The molecule has 0 bridgehead atoms. The molecule has 3 rings (SSSR count). The maximum absolute atomic E-state index is 12.0. The summed E-state index contributed by atoms with van der Waals surface area (Å²) in [5, 5.41) is 10.7. The summed E-state index contributed by atoms with van der Waals surface area (Å²) in [4.78, 5) is 16.3. The molecule has 1 amide bonds. The minimum atomic E-state index is -0.393. The Morgan fingerprint density at radius 2 is 2.16 bits per heavy atom. The molecule has 2 heterocycles. The molecule has 1 aromatic carbocycles. The molecule has 0 unspecified atom stereocenters. The Kier molecular flexibility index (Phi) is 2.76. The quantitative estimate of drug-likeness (QED) is 0.728. The number of fused-ring (bicyclic) bond motifs is 1. The van der Waals surface area contributed by atoms with Crippen molar-refractivity contribution in [2.24, 2.45) is 0 Å². The molecule has 0 spiro atoms. The Morgan fingerprint density at radius 1 is 1.32 bits per heavy atom. The van der Waals surface area contributed by atoms with E-state index in [1.807, 2.05) is 18.2 Å². The normalized spacial score (nSPS) is 10.5. The van der Waals surface area contributed by atoms with E-state index in [0.29, 0.717) is 16.3 Å². The van der Waals surface area contributed by atoms with Gasteiger partial charge in [-0.3, -0.25) is 10.1 Å². The van der Waals surface area contributed by atoms with E-state index >= 15 is 0 Å². The van der Waals surface area contributed by atoms with Crippen molar-refractivity contribution in [3.63, 3.8) is 0 Å². The fraction of sp³-hybridized carbons (Fsp3) is 0. The number of nitrogens with two attached hydrogens (primary N) is 1. The summed E-state index contributed by atoms with van der Waals surface area (Å²) < 4.78 is 3.56. The van der Waals surface area contributed by atoms with Crippen molar-refractivity contribution < 1.29 is 4.79 Å². The maximum atomic E-state index is 12.0. The molecule has 0 aliphatic carbocycles. The number of hydrogen-bond acceptors (Lipinski definition) is 7. The van der Waals surface area contributed by atoms with Crippen molar-refractivity contribution in [3.05, 3.63) is 36.0 Å². The number of aromatic nitrogens is 4. The lowest BCUT2D eigenvalue weighted by molar-refractivity contribution is 0.102. The highest BCUT2D eigenvalue weighted by Crippen LogP contribution is 2.20. The topological polar surface area (TPSA) is 107 Å². The summed E-state index contributed by atoms with van der Waals surface area (Å²) in [6.45, 7) is 0. The number of anilines is 2. The number of benzene rings is 1. The van der Waals surface area contributed by atoms with Gasteiger partial charge in [0.05, 0.1) is 5.52 Å². The SMILES string of the molecule is Nc1cc(C(=O)Nc2nnns2)nc2ccccc12. The highest BCUT2D eigenvalue weighted by molar-refractivity contribution is 7.09. The number of para-hydroxylation sites is 1. The van der Waals surface area contributed by atoms with Gasteiger partial charge >= 0.3 is 0 Å². The van der Waals surface area contributed by atoms with Gasteiger partial charge in [-0.05, 0) is 17.3 Å². The van der Waals surface area contributed by atoms with Gasteiger partial charge in [0, 0.05) is 22.6 Å². The fourth-order valence-corrected chi connectivity index (χ4v) is 2.02. The zero-order valence-corrected chi connectivity index (χ0v) is 10.4. The first kappa shape index (κ1) is 11.5. The van der Waals surface area contributed by atoms with Gasteiger partial charge in [0.15, 0.2) is 0 Å². The van der Waals surface area contributed by atoms with Crippen LogP contribution in [-0.4, -0.2) is 25.7 Å². The molecule has 94 valence electrons. The molecule has 0 aliphatic rings. The van der Waals surface area contributed by atoms with Crippen LogP contribution in [0.25, 0.3) is 10.9 Å². The van der Waals surface area contributed by atoms with Gasteiger partial charge in [-0.2, -0.15) is 0 Å². The third kappa shape index (κ3) is 2.20. The van der Waals surface area contributed by atoms with Gasteiger partial charge in [0.25, 0.3) is 5.91 Å². The highest BCUT2D eigenvalue weighted by atomic mass is 32.1. The molecule has 3 N–H and O–H groups in total. The van der Waals surface area contributed by atoms with E-state index in [1.165, 1.54) is 6.07 Å². The predicted molar refractivity (Wildman–Crippen MR) is 71.8 cm³/mol. The monoisotopic (exact) mass is 272 g/mol. The molecule has 2 aromatic heterocycles. The number of amides is 1. The molecule has 0 saturated carbocycles. The largest absolute Gasteiger partial charge is 0.398 e. The number of pyridine rings is 1. The van der Waals surface area contributed by atoms with Crippen molar-refractivity contribution in [2.75, 3.05) is 11.1 Å². The second-order valence-corrected chi connectivity index (χ2v) is 4.47. The third-order valence-electron chi connectivity index (χ3n) is 2.50. The van der Waals surface area contributed by atoms with Gasteiger partial charge in [0.2, 0.25) is 5.13 Å². The van der Waals surface area contributed by atoms with Gasteiger partial charge in [-0.25, -0.2) is 4.98 Å². The second kappa shape index (κ2) is 4.58. The first-order valence-electron chi connectivity index (χ1n) is 5.36. The van der Waals surface area contributed by atoms with E-state index in [0.717, 1.165) is 16.9 Å². The van der Waals surface area contributed by atoms with Crippen LogP contribution in [0.3, 0.4) is 0 Å². The van der Waals surface area contributed by atoms with Crippen molar-refractivity contribution in [2.45, 2.75) is 0 Å². The molecular weight excluding hydrogens is 264 g/mol. The third-order valence-corrected chi connectivity index (χ3v) is 3.01. The summed E-state index contributed by atoms with van der Waals surface area (Å²) >= 11 is 0.991. The van der Waals surface area contributed by atoms with E-state index in [1.54, 1.807) is 6.07 Å². The Bertz CT molecular complexity index is 742. The minimum Gasteiger partial charge on any atom is -0.398 e. The maximum Gasteiger partial charge on any atom is 0.276 e. The fourth-order valence-electron chi connectivity index (χ4n) is 1.66. The second-order valence-electron chi connectivity index (χ2n) is 3.74.